The Morgan fingerprint density at radius 1 is 1.50 bits per heavy atom. The van der Waals surface area contributed by atoms with E-state index in [9.17, 15) is 0 Å². The van der Waals surface area contributed by atoms with Crippen LogP contribution in [0, 0.1) is 6.92 Å². The summed E-state index contributed by atoms with van der Waals surface area (Å²) in [6.45, 7) is 4.48. The first-order valence-electron chi connectivity index (χ1n) is 4.41. The molecule has 2 rings (SSSR count). The van der Waals surface area contributed by atoms with Gasteiger partial charge in [-0.05, 0) is 13.8 Å². The molecule has 0 spiro atoms. The SMILES string of the molecule is CCOc1nc(C)c2c(n1)CC(=S)S2. The van der Waals surface area contributed by atoms with Crippen LogP contribution in [0.15, 0.2) is 4.90 Å². The van der Waals surface area contributed by atoms with Crippen molar-refractivity contribution in [3.63, 3.8) is 0 Å². The normalized spacial score (nSPS) is 14.3. The van der Waals surface area contributed by atoms with Crippen molar-refractivity contribution >= 4 is 28.2 Å². The van der Waals surface area contributed by atoms with Crippen molar-refractivity contribution < 1.29 is 4.74 Å². The first-order valence-corrected chi connectivity index (χ1v) is 5.64. The number of thiocarbonyl (C=S) groups is 1. The lowest BCUT2D eigenvalue weighted by Gasteiger charge is -2.05. The molecule has 0 bridgehead atoms. The van der Waals surface area contributed by atoms with E-state index in [1.807, 2.05) is 13.8 Å². The molecule has 1 aromatic heterocycles. The van der Waals surface area contributed by atoms with Gasteiger partial charge in [-0.2, -0.15) is 9.97 Å². The summed E-state index contributed by atoms with van der Waals surface area (Å²) < 4.78 is 6.24. The highest BCUT2D eigenvalue weighted by Crippen LogP contribution is 2.35. The van der Waals surface area contributed by atoms with E-state index in [4.69, 9.17) is 17.0 Å². The summed E-state index contributed by atoms with van der Waals surface area (Å²) in [7, 11) is 0. The summed E-state index contributed by atoms with van der Waals surface area (Å²) in [5.74, 6) is 0. The molecule has 0 unspecified atom stereocenters. The molecule has 0 atom stereocenters. The van der Waals surface area contributed by atoms with E-state index in [1.54, 1.807) is 11.8 Å². The van der Waals surface area contributed by atoms with Crippen LogP contribution < -0.4 is 4.74 Å². The molecule has 0 amide bonds. The van der Waals surface area contributed by atoms with Crippen molar-refractivity contribution in [2.24, 2.45) is 0 Å². The van der Waals surface area contributed by atoms with Crippen molar-refractivity contribution in [1.29, 1.82) is 0 Å². The molecule has 2 heterocycles. The first-order chi connectivity index (χ1) is 6.70. The smallest absolute Gasteiger partial charge is 0.316 e. The fraction of sp³-hybridized carbons (Fsp3) is 0.444. The maximum atomic E-state index is 5.27. The number of ether oxygens (including phenoxy) is 1. The van der Waals surface area contributed by atoms with Gasteiger partial charge in [-0.3, -0.25) is 0 Å². The lowest BCUT2D eigenvalue weighted by atomic mass is 10.3. The maximum absolute atomic E-state index is 5.27. The Labute approximate surface area is 92.3 Å². The third kappa shape index (κ3) is 1.74. The Bertz CT molecular complexity index is 393. The molecule has 0 N–H and O–H groups in total. The van der Waals surface area contributed by atoms with E-state index in [2.05, 4.69) is 9.97 Å². The lowest BCUT2D eigenvalue weighted by Crippen LogP contribution is -2.02. The highest BCUT2D eigenvalue weighted by Gasteiger charge is 2.22. The van der Waals surface area contributed by atoms with Crippen LogP contribution in [0.1, 0.15) is 18.3 Å². The number of hydrogen-bond acceptors (Lipinski definition) is 5. The number of fused-ring (bicyclic) bond motifs is 1. The zero-order valence-corrected chi connectivity index (χ0v) is 9.67. The zero-order chi connectivity index (χ0) is 10.1. The van der Waals surface area contributed by atoms with Crippen LogP contribution in [0.5, 0.6) is 6.01 Å². The van der Waals surface area contributed by atoms with Gasteiger partial charge in [-0.1, -0.05) is 24.0 Å². The minimum absolute atomic E-state index is 0.467. The summed E-state index contributed by atoms with van der Waals surface area (Å²) in [6.07, 6.45) is 0.763. The average Bonchev–Trinajstić information content (AvgIpc) is 2.47. The van der Waals surface area contributed by atoms with Crippen LogP contribution in [0.4, 0.5) is 0 Å². The van der Waals surface area contributed by atoms with Crippen LogP contribution in [0.25, 0.3) is 0 Å². The van der Waals surface area contributed by atoms with Gasteiger partial charge in [0.1, 0.15) is 0 Å². The number of thioether (sulfide) groups is 1. The van der Waals surface area contributed by atoms with Crippen molar-refractivity contribution in [2.45, 2.75) is 25.2 Å². The molecule has 0 radical (unpaired) electrons. The molecule has 0 aromatic carbocycles. The van der Waals surface area contributed by atoms with Crippen molar-refractivity contribution in [3.05, 3.63) is 11.4 Å². The minimum Gasteiger partial charge on any atom is -0.464 e. The average molecular weight is 226 g/mol. The molecule has 3 nitrogen and oxygen atoms in total. The van der Waals surface area contributed by atoms with Crippen LogP contribution in [0.3, 0.4) is 0 Å². The second-order valence-electron chi connectivity index (χ2n) is 2.95. The third-order valence-electron chi connectivity index (χ3n) is 1.89. The summed E-state index contributed by atoms with van der Waals surface area (Å²) in [5, 5.41) is 0. The second-order valence-corrected chi connectivity index (χ2v) is 4.81. The predicted molar refractivity (Wildman–Crippen MR) is 60.1 cm³/mol. The van der Waals surface area contributed by atoms with E-state index >= 15 is 0 Å². The van der Waals surface area contributed by atoms with Crippen LogP contribution in [-0.4, -0.2) is 20.8 Å². The number of aryl methyl sites for hydroxylation is 1. The van der Waals surface area contributed by atoms with Gasteiger partial charge in [0.2, 0.25) is 0 Å². The fourth-order valence-electron chi connectivity index (χ4n) is 1.33. The van der Waals surface area contributed by atoms with Gasteiger partial charge >= 0.3 is 6.01 Å². The Hall–Kier alpha value is -0.680. The largest absolute Gasteiger partial charge is 0.464 e. The number of hydrogen-bond donors (Lipinski definition) is 0. The highest BCUT2D eigenvalue weighted by molar-refractivity contribution is 8.23. The third-order valence-corrected chi connectivity index (χ3v) is 3.39. The standard InChI is InChI=1S/C9H10N2OS2/c1-3-12-9-10-5(2)8-6(11-9)4-7(13)14-8/h3-4H2,1-2H3. The molecular weight excluding hydrogens is 216 g/mol. The first kappa shape index (κ1) is 9.86. The summed E-state index contributed by atoms with van der Waals surface area (Å²) in [6, 6.07) is 0.467. The summed E-state index contributed by atoms with van der Waals surface area (Å²) in [5.41, 5.74) is 1.97. The molecule has 5 heteroatoms. The molecule has 0 saturated carbocycles. The number of rotatable bonds is 2. The Kier molecular flexibility index (Phi) is 2.69. The molecule has 0 aliphatic carbocycles. The molecule has 1 aliphatic rings. The number of nitrogens with zero attached hydrogens (tertiary/aromatic N) is 2. The van der Waals surface area contributed by atoms with E-state index < -0.39 is 0 Å². The predicted octanol–water partition coefficient (Wildman–Crippen LogP) is 2.16. The molecule has 0 saturated heterocycles. The fourth-order valence-corrected chi connectivity index (χ4v) is 2.58. The van der Waals surface area contributed by atoms with Gasteiger partial charge in [0.25, 0.3) is 0 Å². The Morgan fingerprint density at radius 3 is 3.00 bits per heavy atom. The monoisotopic (exact) mass is 226 g/mol. The van der Waals surface area contributed by atoms with Gasteiger partial charge in [0, 0.05) is 6.42 Å². The van der Waals surface area contributed by atoms with Crippen molar-refractivity contribution in [1.82, 2.24) is 9.97 Å². The molecule has 14 heavy (non-hydrogen) atoms. The summed E-state index contributed by atoms with van der Waals surface area (Å²) in [4.78, 5) is 9.68. The maximum Gasteiger partial charge on any atom is 0.316 e. The molecule has 0 fully saturated rings. The molecular formula is C9H10N2OS2. The Morgan fingerprint density at radius 2 is 2.29 bits per heavy atom. The van der Waals surface area contributed by atoms with Crippen molar-refractivity contribution in [3.8, 4) is 6.01 Å². The van der Waals surface area contributed by atoms with E-state index in [0.29, 0.717) is 12.6 Å². The number of aromatic nitrogens is 2. The van der Waals surface area contributed by atoms with Gasteiger partial charge in [0.15, 0.2) is 0 Å². The van der Waals surface area contributed by atoms with Gasteiger partial charge < -0.3 is 4.74 Å². The van der Waals surface area contributed by atoms with E-state index in [0.717, 1.165) is 26.9 Å². The van der Waals surface area contributed by atoms with Gasteiger partial charge in [0.05, 0.1) is 27.1 Å². The van der Waals surface area contributed by atoms with Crippen LogP contribution in [0.2, 0.25) is 0 Å². The lowest BCUT2D eigenvalue weighted by molar-refractivity contribution is 0.310. The molecule has 74 valence electrons. The molecule has 1 aromatic rings. The van der Waals surface area contributed by atoms with Gasteiger partial charge in [-0.15, -0.1) is 0 Å². The second kappa shape index (κ2) is 3.82. The summed E-state index contributed by atoms with van der Waals surface area (Å²) >= 11 is 6.74. The Balaban J connectivity index is 2.40. The minimum atomic E-state index is 0.467. The zero-order valence-electron chi connectivity index (χ0n) is 8.03. The van der Waals surface area contributed by atoms with Crippen molar-refractivity contribution in [2.75, 3.05) is 6.61 Å². The van der Waals surface area contributed by atoms with Crippen LogP contribution in [-0.2, 0) is 6.42 Å². The van der Waals surface area contributed by atoms with Crippen LogP contribution >= 0.6 is 24.0 Å². The highest BCUT2D eigenvalue weighted by atomic mass is 32.2. The van der Waals surface area contributed by atoms with E-state index in [1.165, 1.54) is 0 Å². The molecule has 1 aliphatic heterocycles. The quantitative estimate of drug-likeness (QED) is 0.722. The van der Waals surface area contributed by atoms with E-state index in [-0.39, 0.29) is 0 Å². The van der Waals surface area contributed by atoms with Gasteiger partial charge in [-0.25, -0.2) is 0 Å². The topological polar surface area (TPSA) is 35.0 Å².